The van der Waals surface area contributed by atoms with Crippen LogP contribution in [0.5, 0.6) is 0 Å². The number of esters is 1. The predicted molar refractivity (Wildman–Crippen MR) is 59.0 cm³/mol. The van der Waals surface area contributed by atoms with E-state index in [2.05, 4.69) is 11.9 Å². The smallest absolute Gasteiger partial charge is 0.339 e. The Hall–Kier alpha value is -1.38. The van der Waals surface area contributed by atoms with Gasteiger partial charge in [-0.25, -0.2) is 4.79 Å². The monoisotopic (exact) mass is 207 g/mol. The van der Waals surface area contributed by atoms with Gasteiger partial charge in [0.1, 0.15) is 0 Å². The van der Waals surface area contributed by atoms with Crippen LogP contribution in [0.2, 0.25) is 0 Å². The molecule has 3 heteroatoms. The largest absolute Gasteiger partial charge is 0.465 e. The van der Waals surface area contributed by atoms with Gasteiger partial charge in [-0.1, -0.05) is 13.3 Å². The second-order valence-electron chi connectivity index (χ2n) is 3.64. The number of hydrogen-bond donors (Lipinski definition) is 0. The van der Waals surface area contributed by atoms with Crippen LogP contribution in [0.15, 0.2) is 6.07 Å². The van der Waals surface area contributed by atoms with Gasteiger partial charge in [-0.2, -0.15) is 0 Å². The Bertz CT molecular complexity index is 372. The molecule has 0 unspecified atom stereocenters. The van der Waals surface area contributed by atoms with Crippen molar-refractivity contribution in [3.8, 4) is 0 Å². The molecule has 0 saturated heterocycles. The van der Waals surface area contributed by atoms with E-state index < -0.39 is 0 Å². The summed E-state index contributed by atoms with van der Waals surface area (Å²) >= 11 is 0. The normalized spacial score (nSPS) is 10.1. The summed E-state index contributed by atoms with van der Waals surface area (Å²) in [6.07, 6.45) is 1.78. The van der Waals surface area contributed by atoms with E-state index in [0.717, 1.165) is 29.8 Å². The van der Waals surface area contributed by atoms with Crippen LogP contribution in [0, 0.1) is 13.8 Å². The van der Waals surface area contributed by atoms with Crippen LogP contribution in [0.1, 0.15) is 40.7 Å². The van der Waals surface area contributed by atoms with Crippen molar-refractivity contribution in [2.24, 2.45) is 0 Å². The van der Waals surface area contributed by atoms with Gasteiger partial charge in [-0.3, -0.25) is 4.98 Å². The first-order valence-electron chi connectivity index (χ1n) is 5.15. The summed E-state index contributed by atoms with van der Waals surface area (Å²) in [5, 5.41) is 0. The maximum absolute atomic E-state index is 11.6. The molecule has 15 heavy (non-hydrogen) atoms. The summed E-state index contributed by atoms with van der Waals surface area (Å²) in [7, 11) is 1.40. The van der Waals surface area contributed by atoms with Gasteiger partial charge < -0.3 is 4.74 Å². The molecule has 0 fully saturated rings. The lowest BCUT2D eigenvalue weighted by Gasteiger charge is -2.10. The Morgan fingerprint density at radius 3 is 2.67 bits per heavy atom. The van der Waals surface area contributed by atoms with Gasteiger partial charge in [0.2, 0.25) is 0 Å². The van der Waals surface area contributed by atoms with Gasteiger partial charge in [-0.15, -0.1) is 0 Å². The van der Waals surface area contributed by atoms with Crippen molar-refractivity contribution in [3.63, 3.8) is 0 Å². The quantitative estimate of drug-likeness (QED) is 0.714. The van der Waals surface area contributed by atoms with E-state index in [4.69, 9.17) is 4.74 Å². The molecule has 82 valence electrons. The molecule has 1 rings (SSSR count). The average molecular weight is 207 g/mol. The summed E-state index contributed by atoms with van der Waals surface area (Å²) in [6, 6.07) is 1.91. The van der Waals surface area contributed by atoms with Crippen LogP contribution < -0.4 is 0 Å². The zero-order valence-corrected chi connectivity index (χ0v) is 9.76. The fraction of sp³-hybridized carbons (Fsp3) is 0.500. The van der Waals surface area contributed by atoms with E-state index >= 15 is 0 Å². The maximum Gasteiger partial charge on any atom is 0.339 e. The zero-order chi connectivity index (χ0) is 11.4. The van der Waals surface area contributed by atoms with Crippen LogP contribution in [-0.4, -0.2) is 18.1 Å². The van der Waals surface area contributed by atoms with Crippen LogP contribution in [0.4, 0.5) is 0 Å². The number of ether oxygens (including phenoxy) is 1. The molecule has 0 bridgehead atoms. The molecule has 0 aliphatic carbocycles. The molecule has 0 amide bonds. The Morgan fingerprint density at radius 2 is 2.13 bits per heavy atom. The van der Waals surface area contributed by atoms with E-state index in [1.807, 2.05) is 19.9 Å². The topological polar surface area (TPSA) is 39.2 Å². The molecular weight excluding hydrogens is 190 g/mol. The molecule has 0 aliphatic heterocycles. The molecule has 0 N–H and O–H groups in total. The van der Waals surface area contributed by atoms with Crippen LogP contribution in [0.25, 0.3) is 0 Å². The van der Waals surface area contributed by atoms with Crippen molar-refractivity contribution in [1.82, 2.24) is 4.98 Å². The van der Waals surface area contributed by atoms with Crippen LogP contribution >= 0.6 is 0 Å². The number of carbonyl (C=O) groups excluding carboxylic acids is 1. The molecule has 0 atom stereocenters. The Balaban J connectivity index is 3.26. The fourth-order valence-electron chi connectivity index (χ4n) is 1.71. The second-order valence-corrected chi connectivity index (χ2v) is 3.64. The Labute approximate surface area is 90.5 Å². The highest BCUT2D eigenvalue weighted by molar-refractivity contribution is 5.92. The van der Waals surface area contributed by atoms with Crippen molar-refractivity contribution < 1.29 is 9.53 Å². The number of rotatable bonds is 3. The SMILES string of the molecule is CCCc1nc(C)cc(C)c1C(=O)OC. The third-order valence-corrected chi connectivity index (χ3v) is 2.30. The molecule has 1 aromatic heterocycles. The van der Waals surface area contributed by atoms with Crippen molar-refractivity contribution in [2.45, 2.75) is 33.6 Å². The molecule has 1 heterocycles. The summed E-state index contributed by atoms with van der Waals surface area (Å²) in [5.41, 5.74) is 3.37. The van der Waals surface area contributed by atoms with Crippen LogP contribution in [0.3, 0.4) is 0 Å². The standard InChI is InChI=1S/C12H17NO2/c1-5-6-10-11(12(14)15-4)8(2)7-9(3)13-10/h7H,5-6H2,1-4H3. The third-order valence-electron chi connectivity index (χ3n) is 2.30. The lowest BCUT2D eigenvalue weighted by molar-refractivity contribution is 0.0598. The highest BCUT2D eigenvalue weighted by Crippen LogP contribution is 2.16. The number of aromatic nitrogens is 1. The first-order valence-corrected chi connectivity index (χ1v) is 5.15. The Morgan fingerprint density at radius 1 is 1.47 bits per heavy atom. The fourth-order valence-corrected chi connectivity index (χ4v) is 1.71. The number of pyridine rings is 1. The van der Waals surface area contributed by atoms with E-state index in [-0.39, 0.29) is 5.97 Å². The van der Waals surface area contributed by atoms with Crippen LogP contribution in [-0.2, 0) is 11.2 Å². The van der Waals surface area contributed by atoms with Crippen molar-refractivity contribution >= 4 is 5.97 Å². The van der Waals surface area contributed by atoms with Crippen molar-refractivity contribution in [2.75, 3.05) is 7.11 Å². The molecule has 0 aliphatic rings. The zero-order valence-electron chi connectivity index (χ0n) is 9.76. The predicted octanol–water partition coefficient (Wildman–Crippen LogP) is 2.44. The van der Waals surface area contributed by atoms with Gasteiger partial charge in [0.05, 0.1) is 18.4 Å². The molecule has 3 nitrogen and oxygen atoms in total. The van der Waals surface area contributed by atoms with Gasteiger partial charge in [0.15, 0.2) is 0 Å². The highest BCUT2D eigenvalue weighted by Gasteiger charge is 2.16. The lowest BCUT2D eigenvalue weighted by atomic mass is 10.0. The third kappa shape index (κ3) is 2.55. The minimum Gasteiger partial charge on any atom is -0.465 e. The average Bonchev–Trinajstić information content (AvgIpc) is 2.16. The number of methoxy groups -OCH3 is 1. The van der Waals surface area contributed by atoms with E-state index in [1.54, 1.807) is 0 Å². The van der Waals surface area contributed by atoms with Gasteiger partial charge in [0, 0.05) is 5.69 Å². The summed E-state index contributed by atoms with van der Waals surface area (Å²) in [4.78, 5) is 16.0. The Kier molecular flexibility index (Phi) is 3.83. The highest BCUT2D eigenvalue weighted by atomic mass is 16.5. The van der Waals surface area contributed by atoms with Gasteiger partial charge in [0.25, 0.3) is 0 Å². The molecule has 1 aromatic rings. The molecule has 0 saturated carbocycles. The molecule has 0 aromatic carbocycles. The number of nitrogens with zero attached hydrogens (tertiary/aromatic N) is 1. The van der Waals surface area contributed by atoms with E-state index in [0.29, 0.717) is 5.56 Å². The molecular formula is C12H17NO2. The number of hydrogen-bond acceptors (Lipinski definition) is 3. The maximum atomic E-state index is 11.6. The minimum atomic E-state index is -0.288. The molecule has 0 radical (unpaired) electrons. The van der Waals surface area contributed by atoms with Gasteiger partial charge in [-0.05, 0) is 31.9 Å². The summed E-state index contributed by atoms with van der Waals surface area (Å²) < 4.78 is 4.77. The number of carbonyl (C=O) groups is 1. The van der Waals surface area contributed by atoms with Crippen molar-refractivity contribution in [1.29, 1.82) is 0 Å². The first-order chi connectivity index (χ1) is 7.10. The summed E-state index contributed by atoms with van der Waals surface area (Å²) in [5.74, 6) is -0.288. The van der Waals surface area contributed by atoms with E-state index in [9.17, 15) is 4.79 Å². The minimum absolute atomic E-state index is 0.288. The second kappa shape index (κ2) is 4.91. The summed E-state index contributed by atoms with van der Waals surface area (Å²) in [6.45, 7) is 5.92. The lowest BCUT2D eigenvalue weighted by Crippen LogP contribution is -2.11. The van der Waals surface area contributed by atoms with Gasteiger partial charge >= 0.3 is 5.97 Å². The number of aryl methyl sites for hydroxylation is 3. The first kappa shape index (κ1) is 11.7. The van der Waals surface area contributed by atoms with Crippen molar-refractivity contribution in [3.05, 3.63) is 28.6 Å². The molecule has 0 spiro atoms. The van der Waals surface area contributed by atoms with E-state index in [1.165, 1.54) is 7.11 Å².